The van der Waals surface area contributed by atoms with Crippen LogP contribution in [0, 0.1) is 0 Å². The third kappa shape index (κ3) is 6.02. The van der Waals surface area contributed by atoms with Gasteiger partial charge in [-0.15, -0.1) is 5.06 Å². The van der Waals surface area contributed by atoms with Crippen LogP contribution in [0.5, 0.6) is 23.0 Å². The van der Waals surface area contributed by atoms with E-state index in [2.05, 4.69) is 4.90 Å². The molecule has 2 aromatic carbocycles. The first-order valence-corrected chi connectivity index (χ1v) is 9.40. The largest absolute Gasteiger partial charge is 0.497 e. The summed E-state index contributed by atoms with van der Waals surface area (Å²) < 4.78 is 16.0. The number of methoxy groups -OCH3 is 2. The van der Waals surface area contributed by atoms with E-state index in [4.69, 9.17) is 19.0 Å². The van der Waals surface area contributed by atoms with Gasteiger partial charge in [0.05, 0.1) is 14.2 Å². The van der Waals surface area contributed by atoms with Crippen LogP contribution in [0.4, 0.5) is 0 Å². The molecular formula is C21H28N2O5. The number of aliphatic hydroxyl groups is 1. The number of benzene rings is 2. The number of hydrogen-bond donors (Lipinski definition) is 1. The molecule has 1 fully saturated rings. The molecule has 7 nitrogen and oxygen atoms in total. The third-order valence-electron chi connectivity index (χ3n) is 4.58. The highest BCUT2D eigenvalue weighted by molar-refractivity contribution is 5.32. The maximum absolute atomic E-state index is 10.3. The van der Waals surface area contributed by atoms with Gasteiger partial charge in [-0.1, -0.05) is 6.07 Å². The predicted octanol–water partition coefficient (Wildman–Crippen LogP) is 2.06. The summed E-state index contributed by atoms with van der Waals surface area (Å²) in [6.45, 7) is 4.01. The molecule has 0 radical (unpaired) electrons. The SMILES string of the molecule is COc1ccc(OC[C@H](O)CN2CCN(Oc3cccc(OC)c3)CC2)cc1. The summed E-state index contributed by atoms with van der Waals surface area (Å²) in [5, 5.41) is 12.2. The van der Waals surface area contributed by atoms with E-state index < -0.39 is 6.10 Å². The molecule has 152 valence electrons. The Morgan fingerprint density at radius 3 is 2.18 bits per heavy atom. The van der Waals surface area contributed by atoms with Crippen LogP contribution in [0.2, 0.25) is 0 Å². The van der Waals surface area contributed by atoms with E-state index in [9.17, 15) is 5.11 Å². The van der Waals surface area contributed by atoms with E-state index in [1.54, 1.807) is 14.2 Å². The molecule has 3 rings (SSSR count). The van der Waals surface area contributed by atoms with Crippen molar-refractivity contribution in [3.05, 3.63) is 48.5 Å². The Balaban J connectivity index is 1.37. The van der Waals surface area contributed by atoms with Crippen LogP contribution in [0.3, 0.4) is 0 Å². The molecule has 0 saturated carbocycles. The Hall–Kier alpha value is -2.48. The van der Waals surface area contributed by atoms with Crippen molar-refractivity contribution in [3.63, 3.8) is 0 Å². The first-order valence-electron chi connectivity index (χ1n) is 9.40. The van der Waals surface area contributed by atoms with Crippen LogP contribution in [-0.4, -0.2) is 74.7 Å². The molecule has 7 heteroatoms. The van der Waals surface area contributed by atoms with Crippen molar-refractivity contribution < 1.29 is 24.2 Å². The molecule has 1 heterocycles. The van der Waals surface area contributed by atoms with E-state index in [-0.39, 0.29) is 6.61 Å². The number of β-amino-alcohol motifs (C(OH)–C–C–N with tert-alkyl or cyclic N) is 1. The molecule has 0 spiro atoms. The van der Waals surface area contributed by atoms with Gasteiger partial charge >= 0.3 is 0 Å². The van der Waals surface area contributed by atoms with Crippen LogP contribution in [0.25, 0.3) is 0 Å². The number of piperazine rings is 1. The van der Waals surface area contributed by atoms with Gasteiger partial charge in [0.25, 0.3) is 0 Å². The second kappa shape index (κ2) is 10.2. The monoisotopic (exact) mass is 388 g/mol. The minimum atomic E-state index is -0.548. The van der Waals surface area contributed by atoms with Gasteiger partial charge in [0.1, 0.15) is 30.0 Å². The Kier molecular flexibility index (Phi) is 7.36. The van der Waals surface area contributed by atoms with Crippen molar-refractivity contribution in [2.75, 3.05) is 53.6 Å². The van der Waals surface area contributed by atoms with Gasteiger partial charge in [0.15, 0.2) is 5.75 Å². The van der Waals surface area contributed by atoms with Gasteiger partial charge in [-0.25, -0.2) is 0 Å². The minimum Gasteiger partial charge on any atom is -0.497 e. The highest BCUT2D eigenvalue weighted by Crippen LogP contribution is 2.20. The van der Waals surface area contributed by atoms with Crippen LogP contribution in [0.15, 0.2) is 48.5 Å². The standard InChI is InChI=1S/C21H28N2O5/c1-25-18-6-8-19(9-7-18)27-16-17(24)15-22-10-12-23(13-11-22)28-21-5-3-4-20(14-21)26-2/h3-9,14,17,24H,10-13,15-16H2,1-2H3/t17-/m1/s1. The Bertz CT molecular complexity index is 717. The molecule has 1 atom stereocenters. The normalized spacial score (nSPS) is 16.4. The maximum atomic E-state index is 10.3. The summed E-state index contributed by atoms with van der Waals surface area (Å²) in [5.74, 6) is 3.04. The molecule has 1 aliphatic heterocycles. The second-order valence-electron chi connectivity index (χ2n) is 6.64. The lowest BCUT2D eigenvalue weighted by molar-refractivity contribution is -0.0932. The zero-order valence-corrected chi connectivity index (χ0v) is 16.4. The Labute approximate surface area is 165 Å². The molecule has 28 heavy (non-hydrogen) atoms. The molecule has 2 aromatic rings. The summed E-state index contributed by atoms with van der Waals surface area (Å²) in [4.78, 5) is 8.12. The van der Waals surface area contributed by atoms with Crippen molar-refractivity contribution in [1.29, 1.82) is 0 Å². The van der Waals surface area contributed by atoms with Crippen LogP contribution < -0.4 is 19.0 Å². The molecule has 1 saturated heterocycles. The summed E-state index contributed by atoms with van der Waals surface area (Å²) in [6.07, 6.45) is -0.548. The highest BCUT2D eigenvalue weighted by Gasteiger charge is 2.20. The molecule has 0 aliphatic carbocycles. The van der Waals surface area contributed by atoms with Crippen LogP contribution in [-0.2, 0) is 0 Å². The number of aliphatic hydroxyl groups excluding tert-OH is 1. The number of hydroxylamine groups is 2. The van der Waals surface area contributed by atoms with E-state index in [0.717, 1.165) is 49.2 Å². The number of hydrogen-bond acceptors (Lipinski definition) is 7. The van der Waals surface area contributed by atoms with Gasteiger partial charge < -0.3 is 24.2 Å². The zero-order chi connectivity index (χ0) is 19.8. The molecule has 0 amide bonds. The third-order valence-corrected chi connectivity index (χ3v) is 4.58. The average molecular weight is 388 g/mol. The van der Waals surface area contributed by atoms with Crippen molar-refractivity contribution in [2.45, 2.75) is 6.10 Å². The molecule has 1 N–H and O–H groups in total. The smallest absolute Gasteiger partial charge is 0.151 e. The first-order chi connectivity index (χ1) is 13.7. The average Bonchev–Trinajstić information content (AvgIpc) is 2.74. The van der Waals surface area contributed by atoms with Crippen molar-refractivity contribution >= 4 is 0 Å². The van der Waals surface area contributed by atoms with Gasteiger partial charge in [0, 0.05) is 38.8 Å². The van der Waals surface area contributed by atoms with E-state index in [0.29, 0.717) is 6.54 Å². The predicted molar refractivity (Wildman–Crippen MR) is 106 cm³/mol. The molecule has 0 unspecified atom stereocenters. The van der Waals surface area contributed by atoms with Crippen LogP contribution in [0.1, 0.15) is 0 Å². The van der Waals surface area contributed by atoms with Gasteiger partial charge in [-0.3, -0.25) is 4.90 Å². The summed E-state index contributed by atoms with van der Waals surface area (Å²) in [6, 6.07) is 14.9. The van der Waals surface area contributed by atoms with Crippen molar-refractivity contribution in [1.82, 2.24) is 9.96 Å². The lowest BCUT2D eigenvalue weighted by Gasteiger charge is -2.34. The fraction of sp³-hybridized carbons (Fsp3) is 0.429. The Morgan fingerprint density at radius 1 is 0.857 bits per heavy atom. The maximum Gasteiger partial charge on any atom is 0.151 e. The second-order valence-corrected chi connectivity index (χ2v) is 6.64. The minimum absolute atomic E-state index is 0.257. The van der Waals surface area contributed by atoms with E-state index in [1.165, 1.54) is 0 Å². The Morgan fingerprint density at radius 2 is 1.50 bits per heavy atom. The lowest BCUT2D eigenvalue weighted by Crippen LogP contribution is -2.50. The fourth-order valence-electron chi connectivity index (χ4n) is 3.03. The number of rotatable bonds is 9. The quantitative estimate of drug-likeness (QED) is 0.705. The molecule has 0 aromatic heterocycles. The number of nitrogens with zero attached hydrogens (tertiary/aromatic N) is 2. The first kappa shape index (κ1) is 20.3. The van der Waals surface area contributed by atoms with Crippen LogP contribution >= 0.6 is 0 Å². The lowest BCUT2D eigenvalue weighted by atomic mass is 10.3. The molecule has 0 bridgehead atoms. The van der Waals surface area contributed by atoms with Gasteiger partial charge in [-0.05, 0) is 36.4 Å². The van der Waals surface area contributed by atoms with Gasteiger partial charge in [0.2, 0.25) is 0 Å². The van der Waals surface area contributed by atoms with Gasteiger partial charge in [-0.2, -0.15) is 0 Å². The molecule has 1 aliphatic rings. The highest BCUT2D eigenvalue weighted by atomic mass is 16.7. The number of ether oxygens (including phenoxy) is 3. The molecular weight excluding hydrogens is 360 g/mol. The summed E-state index contributed by atoms with van der Waals surface area (Å²) >= 11 is 0. The van der Waals surface area contributed by atoms with E-state index >= 15 is 0 Å². The topological polar surface area (TPSA) is 63.6 Å². The zero-order valence-electron chi connectivity index (χ0n) is 16.4. The van der Waals surface area contributed by atoms with Crippen molar-refractivity contribution in [3.8, 4) is 23.0 Å². The summed E-state index contributed by atoms with van der Waals surface area (Å²) in [7, 11) is 3.27. The van der Waals surface area contributed by atoms with Crippen molar-refractivity contribution in [2.24, 2.45) is 0 Å². The van der Waals surface area contributed by atoms with E-state index in [1.807, 2.05) is 53.6 Å². The summed E-state index contributed by atoms with van der Waals surface area (Å²) in [5.41, 5.74) is 0. The fourth-order valence-corrected chi connectivity index (χ4v) is 3.03.